The molecule has 144 valence electrons. The summed E-state index contributed by atoms with van der Waals surface area (Å²) in [6.07, 6.45) is 12.8. The Morgan fingerprint density at radius 3 is 2.08 bits per heavy atom. The maximum Gasteiger partial charge on any atom is 0.234 e. The highest BCUT2D eigenvalue weighted by Gasteiger charge is 2.38. The molecule has 1 saturated carbocycles. The van der Waals surface area contributed by atoms with Crippen LogP contribution >= 0.6 is 0 Å². The Labute approximate surface area is 153 Å². The Morgan fingerprint density at radius 2 is 1.44 bits per heavy atom. The number of nitrogens with zero attached hydrogens (tertiary/aromatic N) is 2. The highest BCUT2D eigenvalue weighted by molar-refractivity contribution is 5.78. The van der Waals surface area contributed by atoms with Crippen LogP contribution in [0.25, 0.3) is 0 Å². The number of hydrogen-bond donors (Lipinski definition) is 1. The van der Waals surface area contributed by atoms with E-state index in [1.165, 1.54) is 64.2 Å². The van der Waals surface area contributed by atoms with E-state index >= 15 is 0 Å². The minimum Gasteiger partial charge on any atom is -0.379 e. The van der Waals surface area contributed by atoms with Crippen molar-refractivity contribution in [2.45, 2.75) is 69.7 Å². The molecule has 3 rings (SSSR count). The normalized spacial score (nSPS) is 26.6. The van der Waals surface area contributed by atoms with E-state index in [2.05, 4.69) is 15.1 Å². The molecule has 3 fully saturated rings. The number of hydrogen-bond acceptors (Lipinski definition) is 4. The van der Waals surface area contributed by atoms with E-state index in [0.717, 1.165) is 45.9 Å². The second-order valence-electron chi connectivity index (χ2n) is 8.21. The molecule has 0 aromatic heterocycles. The van der Waals surface area contributed by atoms with Gasteiger partial charge in [-0.3, -0.25) is 14.6 Å². The van der Waals surface area contributed by atoms with E-state index in [1.807, 2.05) is 0 Å². The van der Waals surface area contributed by atoms with Gasteiger partial charge in [-0.15, -0.1) is 0 Å². The minimum atomic E-state index is 0.161. The fourth-order valence-corrected chi connectivity index (χ4v) is 4.85. The molecule has 2 saturated heterocycles. The molecular formula is C20H37N3O2. The van der Waals surface area contributed by atoms with Gasteiger partial charge in [0.05, 0.1) is 19.8 Å². The van der Waals surface area contributed by atoms with Gasteiger partial charge in [-0.2, -0.15) is 0 Å². The Balaban J connectivity index is 1.54. The Bertz CT molecular complexity index is 394. The molecular weight excluding hydrogens is 314 g/mol. The van der Waals surface area contributed by atoms with Crippen LogP contribution in [0.3, 0.4) is 0 Å². The number of amides is 1. The van der Waals surface area contributed by atoms with Crippen LogP contribution in [-0.4, -0.2) is 73.7 Å². The molecule has 1 aliphatic carbocycles. The van der Waals surface area contributed by atoms with E-state index in [-0.39, 0.29) is 11.4 Å². The fraction of sp³-hybridized carbons (Fsp3) is 0.950. The highest BCUT2D eigenvalue weighted by atomic mass is 16.5. The minimum absolute atomic E-state index is 0.161. The predicted molar refractivity (Wildman–Crippen MR) is 101 cm³/mol. The first-order chi connectivity index (χ1) is 12.3. The molecule has 25 heavy (non-hydrogen) atoms. The summed E-state index contributed by atoms with van der Waals surface area (Å²) in [6.45, 7) is 7.28. The van der Waals surface area contributed by atoms with E-state index in [1.54, 1.807) is 0 Å². The topological polar surface area (TPSA) is 44.8 Å². The van der Waals surface area contributed by atoms with E-state index in [4.69, 9.17) is 4.74 Å². The lowest BCUT2D eigenvalue weighted by atomic mass is 9.87. The number of rotatable bonds is 5. The molecule has 0 spiro atoms. The molecule has 0 atom stereocenters. The van der Waals surface area contributed by atoms with Gasteiger partial charge in [-0.05, 0) is 38.8 Å². The van der Waals surface area contributed by atoms with Crippen molar-refractivity contribution < 1.29 is 9.53 Å². The fourth-order valence-electron chi connectivity index (χ4n) is 4.85. The average molecular weight is 352 g/mol. The maximum absolute atomic E-state index is 12.6. The lowest BCUT2D eigenvalue weighted by Crippen LogP contribution is -2.59. The van der Waals surface area contributed by atoms with Crippen LogP contribution in [0, 0.1) is 0 Å². The number of carbonyl (C=O) groups is 1. The lowest BCUT2D eigenvalue weighted by Gasteiger charge is -2.46. The zero-order valence-electron chi connectivity index (χ0n) is 15.9. The van der Waals surface area contributed by atoms with Crippen molar-refractivity contribution >= 4 is 5.91 Å². The van der Waals surface area contributed by atoms with E-state index in [9.17, 15) is 4.79 Å². The second-order valence-corrected chi connectivity index (χ2v) is 8.21. The van der Waals surface area contributed by atoms with Crippen LogP contribution in [0.1, 0.15) is 64.2 Å². The first kappa shape index (κ1) is 19.1. The van der Waals surface area contributed by atoms with Crippen molar-refractivity contribution in [3.8, 4) is 0 Å². The summed E-state index contributed by atoms with van der Waals surface area (Å²) in [5.74, 6) is 0.221. The van der Waals surface area contributed by atoms with Crippen molar-refractivity contribution in [1.82, 2.24) is 15.1 Å². The molecule has 1 amide bonds. The van der Waals surface area contributed by atoms with Crippen LogP contribution in [0.5, 0.6) is 0 Å². The third-order valence-corrected chi connectivity index (χ3v) is 6.40. The zero-order chi connectivity index (χ0) is 17.4. The van der Waals surface area contributed by atoms with Crippen molar-refractivity contribution in [2.24, 2.45) is 0 Å². The third-order valence-electron chi connectivity index (χ3n) is 6.40. The van der Waals surface area contributed by atoms with Crippen LogP contribution in [0.2, 0.25) is 0 Å². The quantitative estimate of drug-likeness (QED) is 0.773. The van der Waals surface area contributed by atoms with Crippen molar-refractivity contribution in [3.05, 3.63) is 0 Å². The van der Waals surface area contributed by atoms with Gasteiger partial charge in [0.1, 0.15) is 0 Å². The van der Waals surface area contributed by atoms with Crippen LogP contribution < -0.4 is 5.32 Å². The van der Waals surface area contributed by atoms with Gasteiger partial charge in [-0.1, -0.05) is 38.5 Å². The second kappa shape index (κ2) is 9.89. The molecule has 1 N–H and O–H groups in total. The summed E-state index contributed by atoms with van der Waals surface area (Å²) >= 11 is 0. The summed E-state index contributed by atoms with van der Waals surface area (Å²) in [7, 11) is 0. The van der Waals surface area contributed by atoms with Gasteiger partial charge < -0.3 is 10.1 Å². The molecule has 2 heterocycles. The summed E-state index contributed by atoms with van der Waals surface area (Å²) < 4.78 is 5.57. The molecule has 0 aromatic rings. The van der Waals surface area contributed by atoms with Crippen molar-refractivity contribution in [3.63, 3.8) is 0 Å². The Kier molecular flexibility index (Phi) is 7.56. The Morgan fingerprint density at radius 1 is 0.840 bits per heavy atom. The zero-order valence-corrected chi connectivity index (χ0v) is 15.9. The molecule has 5 nitrogen and oxygen atoms in total. The maximum atomic E-state index is 12.6. The van der Waals surface area contributed by atoms with Crippen molar-refractivity contribution in [1.29, 1.82) is 0 Å². The highest BCUT2D eigenvalue weighted by Crippen LogP contribution is 2.32. The SMILES string of the molecule is O=C(CN1CCCCCC1)NCC1(N2CCOCC2)CCCCCC1. The van der Waals surface area contributed by atoms with Gasteiger partial charge >= 0.3 is 0 Å². The Hall–Kier alpha value is -0.650. The first-order valence-corrected chi connectivity index (χ1v) is 10.6. The summed E-state index contributed by atoms with van der Waals surface area (Å²) in [5, 5.41) is 3.32. The standard InChI is InChI=1S/C20H37N3O2/c24-19(17-22-11-7-3-4-8-12-22)21-18-20(9-5-1-2-6-10-20)23-13-15-25-16-14-23/h1-18H2,(H,21,24). The van der Waals surface area contributed by atoms with Gasteiger partial charge in [-0.25, -0.2) is 0 Å². The largest absolute Gasteiger partial charge is 0.379 e. The van der Waals surface area contributed by atoms with Crippen LogP contribution in [-0.2, 0) is 9.53 Å². The van der Waals surface area contributed by atoms with Crippen LogP contribution in [0.15, 0.2) is 0 Å². The summed E-state index contributed by atoms with van der Waals surface area (Å²) in [4.78, 5) is 17.5. The molecule has 5 heteroatoms. The van der Waals surface area contributed by atoms with Gasteiger partial charge in [0.25, 0.3) is 0 Å². The molecule has 2 aliphatic heterocycles. The summed E-state index contributed by atoms with van der Waals surface area (Å²) in [5.41, 5.74) is 0.161. The predicted octanol–water partition coefficient (Wildman–Crippen LogP) is 2.40. The molecule has 0 unspecified atom stereocenters. The molecule has 0 aromatic carbocycles. The van der Waals surface area contributed by atoms with Gasteiger partial charge in [0, 0.05) is 25.2 Å². The molecule has 0 radical (unpaired) electrons. The van der Waals surface area contributed by atoms with Gasteiger partial charge in [0.2, 0.25) is 5.91 Å². The number of morpholine rings is 1. The number of ether oxygens (including phenoxy) is 1. The lowest BCUT2D eigenvalue weighted by molar-refractivity contribution is -0.123. The first-order valence-electron chi connectivity index (χ1n) is 10.6. The van der Waals surface area contributed by atoms with Crippen LogP contribution in [0.4, 0.5) is 0 Å². The molecule has 3 aliphatic rings. The van der Waals surface area contributed by atoms with Crippen molar-refractivity contribution in [2.75, 3.05) is 52.5 Å². The number of carbonyl (C=O) groups excluding carboxylic acids is 1. The number of nitrogens with one attached hydrogen (secondary N) is 1. The number of likely N-dealkylation sites (tertiary alicyclic amines) is 1. The third kappa shape index (κ3) is 5.66. The van der Waals surface area contributed by atoms with E-state index < -0.39 is 0 Å². The smallest absolute Gasteiger partial charge is 0.234 e. The average Bonchev–Trinajstić information content (AvgIpc) is 3.04. The molecule has 0 bridgehead atoms. The van der Waals surface area contributed by atoms with Gasteiger partial charge in [0.15, 0.2) is 0 Å². The summed E-state index contributed by atoms with van der Waals surface area (Å²) in [6, 6.07) is 0. The monoisotopic (exact) mass is 351 g/mol. The van der Waals surface area contributed by atoms with E-state index in [0.29, 0.717) is 6.54 Å².